The third kappa shape index (κ3) is 5.49. The number of nitrogens with zero attached hydrogens (tertiary/aromatic N) is 1. The Morgan fingerprint density at radius 1 is 1.21 bits per heavy atom. The molecule has 0 saturated carbocycles. The zero-order chi connectivity index (χ0) is 17.5. The fourth-order valence-corrected chi connectivity index (χ4v) is 2.22. The van der Waals surface area contributed by atoms with Gasteiger partial charge in [0.1, 0.15) is 18.5 Å². The molecule has 0 fully saturated rings. The number of aliphatic hydroxyl groups is 1. The van der Waals surface area contributed by atoms with Gasteiger partial charge in [0.15, 0.2) is 0 Å². The molecule has 0 spiro atoms. The van der Waals surface area contributed by atoms with Crippen molar-refractivity contribution in [2.75, 3.05) is 13.2 Å². The fourth-order valence-electron chi connectivity index (χ4n) is 2.10. The van der Waals surface area contributed by atoms with Gasteiger partial charge in [-0.1, -0.05) is 23.7 Å². The maximum absolute atomic E-state index is 10.6. The molecule has 2 aromatic rings. The Balaban J connectivity index is 1.75. The summed E-state index contributed by atoms with van der Waals surface area (Å²) in [5.74, 6) is 0.477. The van der Waals surface area contributed by atoms with Crippen LogP contribution in [-0.4, -0.2) is 29.3 Å². The third-order valence-corrected chi connectivity index (χ3v) is 3.77. The van der Waals surface area contributed by atoms with E-state index in [-0.39, 0.29) is 18.3 Å². The van der Waals surface area contributed by atoms with Gasteiger partial charge in [-0.15, -0.1) is 0 Å². The Hall–Kier alpha value is -2.15. The van der Waals surface area contributed by atoms with Crippen molar-refractivity contribution in [2.45, 2.75) is 19.1 Å². The predicted molar refractivity (Wildman–Crippen MR) is 92.5 cm³/mol. The van der Waals surface area contributed by atoms with Crippen molar-refractivity contribution in [1.29, 1.82) is 0 Å². The summed E-state index contributed by atoms with van der Waals surface area (Å²) in [7, 11) is 0. The second-order valence-corrected chi connectivity index (χ2v) is 5.83. The highest BCUT2D eigenvalue weighted by molar-refractivity contribution is 6.30. The second-order valence-electron chi connectivity index (χ2n) is 5.40. The van der Waals surface area contributed by atoms with Gasteiger partial charge in [-0.05, 0) is 36.8 Å². The molecule has 0 amide bonds. The molecule has 2 unspecified atom stereocenters. The standard InChI is InChI=1S/C17H19ClN2O4/c1-12(13-2-4-14(18)5-3-13)19-10-16(21)11-24-17-8-6-15(7-9-17)20(22)23/h2-9,12,16,19,21H,10-11H2,1H3. The van der Waals surface area contributed by atoms with Gasteiger partial charge in [0.25, 0.3) is 5.69 Å². The van der Waals surface area contributed by atoms with Crippen LogP contribution in [0.25, 0.3) is 0 Å². The first-order valence-electron chi connectivity index (χ1n) is 7.50. The number of non-ortho nitro benzene ring substituents is 1. The van der Waals surface area contributed by atoms with Gasteiger partial charge in [-0.2, -0.15) is 0 Å². The maximum Gasteiger partial charge on any atom is 0.269 e. The molecule has 0 aliphatic carbocycles. The van der Waals surface area contributed by atoms with Crippen LogP contribution in [0.3, 0.4) is 0 Å². The average molecular weight is 351 g/mol. The van der Waals surface area contributed by atoms with Crippen molar-refractivity contribution in [3.8, 4) is 5.75 Å². The SMILES string of the molecule is CC(NCC(O)COc1ccc([N+](=O)[O-])cc1)c1ccc(Cl)cc1. The van der Waals surface area contributed by atoms with Gasteiger partial charge in [-0.3, -0.25) is 10.1 Å². The van der Waals surface area contributed by atoms with Crippen molar-refractivity contribution in [2.24, 2.45) is 0 Å². The summed E-state index contributed by atoms with van der Waals surface area (Å²) >= 11 is 5.86. The molecular weight excluding hydrogens is 332 g/mol. The fraction of sp³-hybridized carbons (Fsp3) is 0.294. The van der Waals surface area contributed by atoms with Crippen molar-refractivity contribution in [3.63, 3.8) is 0 Å². The summed E-state index contributed by atoms with van der Waals surface area (Å²) in [6.07, 6.45) is -0.699. The number of ether oxygens (including phenoxy) is 1. The highest BCUT2D eigenvalue weighted by Gasteiger charge is 2.10. The number of nitro groups is 1. The number of hydrogen-bond donors (Lipinski definition) is 2. The lowest BCUT2D eigenvalue weighted by molar-refractivity contribution is -0.384. The van der Waals surface area contributed by atoms with E-state index in [1.54, 1.807) is 0 Å². The van der Waals surface area contributed by atoms with Crippen LogP contribution < -0.4 is 10.1 Å². The largest absolute Gasteiger partial charge is 0.491 e. The first-order valence-corrected chi connectivity index (χ1v) is 7.87. The number of hydrogen-bond acceptors (Lipinski definition) is 5. The monoisotopic (exact) mass is 350 g/mol. The summed E-state index contributed by atoms with van der Waals surface area (Å²) in [6.45, 7) is 2.45. The lowest BCUT2D eigenvalue weighted by Gasteiger charge is -2.18. The first-order chi connectivity index (χ1) is 11.5. The minimum atomic E-state index is -0.699. The molecule has 0 saturated heterocycles. The number of aliphatic hydroxyl groups excluding tert-OH is 1. The van der Waals surface area contributed by atoms with E-state index in [1.807, 2.05) is 31.2 Å². The highest BCUT2D eigenvalue weighted by Crippen LogP contribution is 2.18. The average Bonchev–Trinajstić information content (AvgIpc) is 2.58. The van der Waals surface area contributed by atoms with E-state index in [4.69, 9.17) is 16.3 Å². The van der Waals surface area contributed by atoms with Crippen LogP contribution in [0.2, 0.25) is 5.02 Å². The van der Waals surface area contributed by atoms with Crippen molar-refractivity contribution < 1.29 is 14.8 Å². The van der Waals surface area contributed by atoms with E-state index >= 15 is 0 Å². The molecule has 0 radical (unpaired) electrons. The van der Waals surface area contributed by atoms with Crippen LogP contribution in [-0.2, 0) is 0 Å². The molecule has 6 nitrogen and oxygen atoms in total. The van der Waals surface area contributed by atoms with Crippen LogP contribution in [0.5, 0.6) is 5.75 Å². The number of rotatable bonds is 8. The van der Waals surface area contributed by atoms with Crippen molar-refractivity contribution >= 4 is 17.3 Å². The van der Waals surface area contributed by atoms with Crippen molar-refractivity contribution in [3.05, 3.63) is 69.2 Å². The van der Waals surface area contributed by atoms with Crippen LogP contribution in [0.1, 0.15) is 18.5 Å². The maximum atomic E-state index is 10.6. The number of nitrogens with one attached hydrogen (secondary N) is 1. The zero-order valence-electron chi connectivity index (χ0n) is 13.2. The van der Waals surface area contributed by atoms with Gasteiger partial charge in [0, 0.05) is 29.7 Å². The van der Waals surface area contributed by atoms with Gasteiger partial charge in [0.05, 0.1) is 4.92 Å². The molecule has 0 aliphatic rings. The van der Waals surface area contributed by atoms with Crippen LogP contribution in [0.4, 0.5) is 5.69 Å². The zero-order valence-corrected chi connectivity index (χ0v) is 13.9. The Labute approximate surface area is 145 Å². The normalized spacial score (nSPS) is 13.3. The smallest absolute Gasteiger partial charge is 0.269 e. The molecule has 2 aromatic carbocycles. The van der Waals surface area contributed by atoms with E-state index in [9.17, 15) is 15.2 Å². The number of benzene rings is 2. The lowest BCUT2D eigenvalue weighted by atomic mass is 10.1. The molecular formula is C17H19ClN2O4. The van der Waals surface area contributed by atoms with Gasteiger partial charge in [-0.25, -0.2) is 0 Å². The Morgan fingerprint density at radius 2 is 1.83 bits per heavy atom. The molecule has 0 heterocycles. The van der Waals surface area contributed by atoms with E-state index in [1.165, 1.54) is 24.3 Å². The molecule has 2 rings (SSSR count). The lowest BCUT2D eigenvalue weighted by Crippen LogP contribution is -2.33. The van der Waals surface area contributed by atoms with Crippen LogP contribution >= 0.6 is 11.6 Å². The summed E-state index contributed by atoms with van der Waals surface area (Å²) in [4.78, 5) is 10.1. The van der Waals surface area contributed by atoms with Crippen molar-refractivity contribution in [1.82, 2.24) is 5.32 Å². The molecule has 7 heteroatoms. The topological polar surface area (TPSA) is 84.6 Å². The molecule has 128 valence electrons. The molecule has 24 heavy (non-hydrogen) atoms. The summed E-state index contributed by atoms with van der Waals surface area (Å²) in [5, 5.41) is 24.4. The molecule has 0 bridgehead atoms. The molecule has 2 atom stereocenters. The van der Waals surface area contributed by atoms with Crippen LogP contribution in [0.15, 0.2) is 48.5 Å². The second kappa shape index (κ2) is 8.63. The summed E-state index contributed by atoms with van der Waals surface area (Å²) in [6, 6.07) is 13.3. The minimum absolute atomic E-state index is 0.00125. The number of nitro benzene ring substituents is 1. The van der Waals surface area contributed by atoms with E-state index in [2.05, 4.69) is 5.32 Å². The Morgan fingerprint density at radius 3 is 2.42 bits per heavy atom. The Bertz CT molecular complexity index is 661. The van der Waals surface area contributed by atoms with Gasteiger partial charge in [0.2, 0.25) is 0 Å². The number of halogens is 1. The summed E-state index contributed by atoms with van der Waals surface area (Å²) < 4.78 is 5.43. The first kappa shape index (κ1) is 18.2. The van der Waals surface area contributed by atoms with E-state index in [0.29, 0.717) is 17.3 Å². The quantitative estimate of drug-likeness (QED) is 0.563. The summed E-state index contributed by atoms with van der Waals surface area (Å²) in [5.41, 5.74) is 1.07. The van der Waals surface area contributed by atoms with Gasteiger partial charge >= 0.3 is 0 Å². The highest BCUT2D eigenvalue weighted by atomic mass is 35.5. The minimum Gasteiger partial charge on any atom is -0.491 e. The molecule has 2 N–H and O–H groups in total. The predicted octanol–water partition coefficient (Wildman–Crippen LogP) is 3.34. The van der Waals surface area contributed by atoms with E-state index < -0.39 is 11.0 Å². The third-order valence-electron chi connectivity index (χ3n) is 3.52. The van der Waals surface area contributed by atoms with Crippen LogP contribution in [0, 0.1) is 10.1 Å². The molecule has 0 aromatic heterocycles. The molecule has 0 aliphatic heterocycles. The van der Waals surface area contributed by atoms with E-state index in [0.717, 1.165) is 5.56 Å². The van der Waals surface area contributed by atoms with Gasteiger partial charge < -0.3 is 15.2 Å². The Kier molecular flexibility index (Phi) is 6.54.